The Labute approximate surface area is 263 Å². The zero-order chi connectivity index (χ0) is 33.6. The first-order valence-electron chi connectivity index (χ1n) is 15.7. The molecular weight excluding hydrogens is 608 g/mol. The van der Waals surface area contributed by atoms with Gasteiger partial charge in [0.25, 0.3) is 5.97 Å². The number of carboxylic acid groups (broad SMARTS) is 1. The highest BCUT2D eigenvalue weighted by Gasteiger charge is 3.04. The Kier molecular flexibility index (Phi) is 5.46. The maximum Gasteiger partial charge on any atom is 0.338 e. The largest absolute Gasteiger partial charge is 0.511 e. The number of rotatable bonds is 4. The lowest BCUT2D eigenvalue weighted by Gasteiger charge is -2.78. The summed E-state index contributed by atoms with van der Waals surface area (Å²) in [6, 6.07) is 1.51. The monoisotopic (exact) mass is 648 g/mol. The van der Waals surface area contributed by atoms with Gasteiger partial charge in [-0.15, -0.1) is 0 Å². The van der Waals surface area contributed by atoms with E-state index in [4.69, 9.17) is 23.4 Å². The summed E-state index contributed by atoms with van der Waals surface area (Å²) in [5.41, 5.74) is -14.4. The second kappa shape index (κ2) is 8.17. The van der Waals surface area contributed by atoms with Crippen LogP contribution in [-0.4, -0.2) is 100 Å². The van der Waals surface area contributed by atoms with Gasteiger partial charge < -0.3 is 59.1 Å². The van der Waals surface area contributed by atoms with Crippen molar-refractivity contribution in [2.24, 2.45) is 34.0 Å². The quantitative estimate of drug-likeness (QED) is 0.135. The summed E-state index contributed by atoms with van der Waals surface area (Å²) >= 11 is 0. The third-order valence-corrected chi connectivity index (χ3v) is 13.6. The minimum Gasteiger partial charge on any atom is -0.511 e. The number of furan rings is 1. The van der Waals surface area contributed by atoms with Crippen LogP contribution in [0, 0.1) is 34.0 Å². The van der Waals surface area contributed by atoms with Gasteiger partial charge in [0.05, 0.1) is 30.3 Å². The number of aliphatic hydroxyl groups is 6. The first kappa shape index (κ1) is 30.8. The van der Waals surface area contributed by atoms with Gasteiger partial charge in [0, 0.05) is 47.0 Å². The zero-order valence-corrected chi connectivity index (χ0v) is 26.3. The van der Waals surface area contributed by atoms with Gasteiger partial charge in [-0.3, -0.25) is 4.79 Å². The molecule has 0 radical (unpaired) electrons. The second-order valence-electron chi connectivity index (χ2n) is 15.7. The average molecular weight is 649 g/mol. The van der Waals surface area contributed by atoms with E-state index in [0.29, 0.717) is 0 Å². The first-order chi connectivity index (χ1) is 21.2. The van der Waals surface area contributed by atoms with E-state index in [-0.39, 0.29) is 17.6 Å². The minimum absolute atomic E-state index is 0.145. The summed E-state index contributed by atoms with van der Waals surface area (Å²) in [6.07, 6.45) is -7.21. The Hall–Kier alpha value is -2.56. The van der Waals surface area contributed by atoms with Crippen molar-refractivity contribution in [1.82, 2.24) is 0 Å². The van der Waals surface area contributed by atoms with Crippen LogP contribution in [0.15, 0.2) is 34.3 Å². The summed E-state index contributed by atoms with van der Waals surface area (Å²) in [5.74, 6) is -8.23. The lowest BCUT2D eigenvalue weighted by Crippen LogP contribution is -2.97. The number of carbonyl (C=O) groups excluding carboxylic acids is 1. The summed E-state index contributed by atoms with van der Waals surface area (Å²) in [4.78, 5) is 26.6. The SMILES string of the molecule is CC(C)/C(O)=C1/C(=O)O[C@@H](c2ccoc2)[C@]2(C)C(O)[C@@H](O)[C@@]34OC5(C)OC67CC(C)(C(O)[C@]6(O)[C@@H](O)[C@]3(O5)C12)[C@H](CC(=O)O)C74C. The number of ether oxygens (including phenoxy) is 4. The summed E-state index contributed by atoms with van der Waals surface area (Å²) < 4.78 is 31.2. The second-order valence-corrected chi connectivity index (χ2v) is 15.7. The third-order valence-electron chi connectivity index (χ3n) is 13.6. The van der Waals surface area contributed by atoms with Gasteiger partial charge in [-0.2, -0.15) is 0 Å². The standard InChI is InChI=1S/C32H40O14/c1-12(2)17(35)16-18-26(4,21(43-22(16)38)13-7-8-42-10-13)19(36)20(37)32-27(5)14(9-15(33)34)25(3)11-29(27)30(41,23(25)39)24(40)31(18,32)45-28(6,44-29)46-32/h7-8,10,12,14,18-21,23-24,35-37,39-41H,9,11H2,1-6H3,(H,33,34)/b17-16-/t14-,18?,19?,20+,21-,23?,24+,25?,26-,27?,28?,29?,30-,31+,32-/m0/s1. The highest BCUT2D eigenvalue weighted by molar-refractivity contribution is 5.92. The fourth-order valence-electron chi connectivity index (χ4n) is 12.2. The zero-order valence-electron chi connectivity index (χ0n) is 26.3. The van der Waals surface area contributed by atoms with Crippen molar-refractivity contribution in [1.29, 1.82) is 0 Å². The summed E-state index contributed by atoms with van der Waals surface area (Å²) in [5, 5.41) is 84.7. The van der Waals surface area contributed by atoms with Gasteiger partial charge in [-0.25, -0.2) is 4.79 Å². The van der Waals surface area contributed by atoms with Crippen molar-refractivity contribution in [2.45, 2.75) is 113 Å². The van der Waals surface area contributed by atoms with Crippen molar-refractivity contribution < 1.29 is 68.7 Å². The van der Waals surface area contributed by atoms with Crippen molar-refractivity contribution >= 4 is 11.9 Å². The molecule has 3 aliphatic heterocycles. The molecule has 15 atom stereocenters. The number of esters is 1. The maximum atomic E-state index is 14.2. The number of hydrogen-bond acceptors (Lipinski definition) is 13. The van der Waals surface area contributed by atoms with E-state index in [0.717, 1.165) is 0 Å². The minimum atomic E-state index is -2.56. The molecular formula is C32H40O14. The van der Waals surface area contributed by atoms with Crippen molar-refractivity contribution in [2.75, 3.05) is 0 Å². The summed E-state index contributed by atoms with van der Waals surface area (Å²) in [6.45, 7) is 9.27. The van der Waals surface area contributed by atoms with Crippen molar-refractivity contribution in [3.63, 3.8) is 0 Å². The van der Waals surface area contributed by atoms with Crippen LogP contribution in [0.5, 0.6) is 0 Å². The van der Waals surface area contributed by atoms with Crippen LogP contribution in [0.25, 0.3) is 0 Å². The molecule has 7 unspecified atom stereocenters. The Morgan fingerprint density at radius 3 is 2.26 bits per heavy atom. The van der Waals surface area contributed by atoms with E-state index >= 15 is 0 Å². The Balaban J connectivity index is 1.54. The van der Waals surface area contributed by atoms with E-state index < -0.39 is 117 Å². The molecule has 0 aromatic carbocycles. The molecule has 252 valence electrons. The average Bonchev–Trinajstić information content (AvgIpc) is 3.67. The molecule has 4 saturated carbocycles. The molecule has 14 nitrogen and oxygen atoms in total. The van der Waals surface area contributed by atoms with Crippen LogP contribution in [0.2, 0.25) is 0 Å². The molecule has 4 aliphatic carbocycles. The van der Waals surface area contributed by atoms with E-state index in [1.165, 1.54) is 32.4 Å². The number of cyclic esters (lactones) is 1. The van der Waals surface area contributed by atoms with Gasteiger partial charge in [0.2, 0.25) is 0 Å². The number of hydrogen-bond donors (Lipinski definition) is 7. The Bertz CT molecular complexity index is 1610. The Morgan fingerprint density at radius 1 is 1.00 bits per heavy atom. The van der Waals surface area contributed by atoms with Crippen molar-refractivity contribution in [3.05, 3.63) is 35.5 Å². The van der Waals surface area contributed by atoms with Crippen LogP contribution >= 0.6 is 0 Å². The number of aliphatic hydroxyl groups excluding tert-OH is 5. The third kappa shape index (κ3) is 2.57. The summed E-state index contributed by atoms with van der Waals surface area (Å²) in [7, 11) is 0. The van der Waals surface area contributed by atoms with Crippen LogP contribution in [-0.2, 0) is 28.5 Å². The highest BCUT2D eigenvalue weighted by atomic mass is 16.9. The van der Waals surface area contributed by atoms with Crippen molar-refractivity contribution in [3.8, 4) is 0 Å². The van der Waals surface area contributed by atoms with E-state index in [1.807, 2.05) is 0 Å². The number of fused-ring (bicyclic) bond motifs is 3. The van der Waals surface area contributed by atoms with E-state index in [1.54, 1.807) is 27.7 Å². The normalized spacial score (nSPS) is 58.6. The smallest absolute Gasteiger partial charge is 0.338 e. The van der Waals surface area contributed by atoms with Gasteiger partial charge in [-0.1, -0.05) is 34.6 Å². The van der Waals surface area contributed by atoms with Gasteiger partial charge in [-0.05, 0) is 18.4 Å². The molecule has 2 spiro atoms. The molecule has 8 rings (SSSR count). The molecule has 14 heteroatoms. The predicted molar refractivity (Wildman–Crippen MR) is 149 cm³/mol. The highest BCUT2D eigenvalue weighted by Crippen LogP contribution is 2.89. The molecule has 3 saturated heterocycles. The topological polar surface area (TPSA) is 226 Å². The van der Waals surface area contributed by atoms with Gasteiger partial charge in [0.1, 0.15) is 46.5 Å². The molecule has 0 amide bonds. The van der Waals surface area contributed by atoms with E-state index in [9.17, 15) is 45.3 Å². The van der Waals surface area contributed by atoms with Gasteiger partial charge >= 0.3 is 11.9 Å². The molecule has 1 aromatic heterocycles. The lowest BCUT2D eigenvalue weighted by molar-refractivity contribution is -0.491. The molecule has 4 heterocycles. The molecule has 46 heavy (non-hydrogen) atoms. The molecule has 4 bridgehead atoms. The predicted octanol–water partition coefficient (Wildman–Crippen LogP) is 0.658. The Morgan fingerprint density at radius 2 is 1.67 bits per heavy atom. The van der Waals surface area contributed by atoms with Crippen LogP contribution in [0.1, 0.15) is 66.1 Å². The number of aliphatic carboxylic acids is 1. The van der Waals surface area contributed by atoms with Crippen LogP contribution < -0.4 is 0 Å². The number of carbonyl (C=O) groups is 2. The van der Waals surface area contributed by atoms with Crippen LogP contribution in [0.3, 0.4) is 0 Å². The lowest BCUT2D eigenvalue weighted by atomic mass is 9.32. The maximum absolute atomic E-state index is 14.2. The molecule has 7 aliphatic rings. The van der Waals surface area contributed by atoms with Crippen LogP contribution in [0.4, 0.5) is 0 Å². The first-order valence-corrected chi connectivity index (χ1v) is 15.7. The molecule has 1 aromatic rings. The number of allylic oxidation sites excluding steroid dienone is 1. The van der Waals surface area contributed by atoms with Gasteiger partial charge in [0.15, 0.2) is 0 Å². The molecule has 7 fully saturated rings. The van der Waals surface area contributed by atoms with E-state index in [2.05, 4.69) is 0 Å². The fourth-order valence-corrected chi connectivity index (χ4v) is 12.2. The number of carboxylic acids is 1. The molecule has 7 N–H and O–H groups in total. The fraction of sp³-hybridized carbons (Fsp3) is 0.750.